The Morgan fingerprint density at radius 1 is 0.282 bits per heavy atom. The lowest BCUT2D eigenvalue weighted by Gasteiger charge is -2.33. The highest BCUT2D eigenvalue weighted by Crippen LogP contribution is 2.58. The van der Waals surface area contributed by atoms with Gasteiger partial charge in [0.1, 0.15) is 0 Å². The summed E-state index contributed by atoms with van der Waals surface area (Å²) in [5, 5.41) is 18.0. The Bertz CT molecular complexity index is 3780. The highest BCUT2D eigenvalue weighted by atomic mass is 32.1. The molecule has 0 aliphatic heterocycles. The molecule has 4 nitrogen and oxygen atoms in total. The van der Waals surface area contributed by atoms with Crippen LogP contribution in [0.5, 0.6) is 0 Å². The SMILES string of the molecule is CC1(C)c2cc(N(c3ccccc3)c3cccs3)ccc2-c2cc3c(N(c4ccccc4)c4cccs4)c4cc(N(c5ccccc5)c5cccs5)ccc4c(N(c4ccccc4)c4cccs4)c3cc21. The number of rotatable bonds is 12. The first-order chi connectivity index (χ1) is 35.0. The number of para-hydroxylation sites is 4. The van der Waals surface area contributed by atoms with Gasteiger partial charge in [0, 0.05) is 61.1 Å². The Hall–Kier alpha value is -7.72. The number of fused-ring (bicyclic) bond motifs is 5. The largest absolute Gasteiger partial charge is 0.302 e. The van der Waals surface area contributed by atoms with Gasteiger partial charge in [0.15, 0.2) is 0 Å². The summed E-state index contributed by atoms with van der Waals surface area (Å²) >= 11 is 7.05. The van der Waals surface area contributed by atoms with E-state index in [2.05, 4.69) is 273 Å². The van der Waals surface area contributed by atoms with Crippen LogP contribution < -0.4 is 19.6 Å². The lowest BCUT2D eigenvalue weighted by molar-refractivity contribution is 0.661. The minimum absolute atomic E-state index is 0.326. The van der Waals surface area contributed by atoms with Crippen LogP contribution >= 0.6 is 45.3 Å². The Morgan fingerprint density at radius 3 is 1.10 bits per heavy atom. The summed E-state index contributed by atoms with van der Waals surface area (Å²) in [7, 11) is 0. The predicted octanol–water partition coefficient (Wildman–Crippen LogP) is 20.4. The maximum absolute atomic E-state index is 2.55. The van der Waals surface area contributed by atoms with Crippen LogP contribution in [0.3, 0.4) is 0 Å². The van der Waals surface area contributed by atoms with Crippen LogP contribution in [0.4, 0.5) is 65.5 Å². The van der Waals surface area contributed by atoms with Crippen LogP contribution in [0.15, 0.2) is 240 Å². The molecule has 0 N–H and O–H groups in total. The molecule has 0 spiro atoms. The van der Waals surface area contributed by atoms with Gasteiger partial charge in [0.25, 0.3) is 0 Å². The van der Waals surface area contributed by atoms with Crippen molar-refractivity contribution >= 4 is 132 Å². The number of anilines is 12. The molecule has 0 unspecified atom stereocenters. The average molecular weight is 987 g/mol. The summed E-state index contributed by atoms with van der Waals surface area (Å²) in [6, 6.07) is 80.3. The molecule has 1 aliphatic carbocycles. The molecule has 0 atom stereocenters. The third-order valence-electron chi connectivity index (χ3n) is 13.7. The first kappa shape index (κ1) is 43.3. The zero-order valence-electron chi connectivity index (χ0n) is 39.0. The summed E-state index contributed by atoms with van der Waals surface area (Å²) in [5.41, 5.74) is 13.9. The van der Waals surface area contributed by atoms with Gasteiger partial charge in [-0.15, -0.1) is 45.3 Å². The molecule has 71 heavy (non-hydrogen) atoms. The van der Waals surface area contributed by atoms with Crippen LogP contribution in [0, 0.1) is 0 Å². The molecule has 0 amide bonds. The highest BCUT2D eigenvalue weighted by molar-refractivity contribution is 7.15. The van der Waals surface area contributed by atoms with Gasteiger partial charge in [0.05, 0.1) is 31.4 Å². The molecule has 8 aromatic carbocycles. The second-order valence-corrected chi connectivity index (χ2v) is 21.9. The molecule has 0 bridgehead atoms. The van der Waals surface area contributed by atoms with Gasteiger partial charge in [-0.3, -0.25) is 0 Å². The molecule has 0 saturated heterocycles. The van der Waals surface area contributed by atoms with E-state index in [1.165, 1.54) is 38.0 Å². The molecule has 0 saturated carbocycles. The third-order valence-corrected chi connectivity index (χ3v) is 17.2. The normalized spacial score (nSPS) is 12.5. The van der Waals surface area contributed by atoms with E-state index >= 15 is 0 Å². The Balaban J connectivity index is 1.16. The first-order valence-corrected chi connectivity index (χ1v) is 27.3. The summed E-state index contributed by atoms with van der Waals surface area (Å²) in [4.78, 5) is 9.81. The van der Waals surface area contributed by atoms with Gasteiger partial charge < -0.3 is 19.6 Å². The fourth-order valence-corrected chi connectivity index (χ4v) is 13.6. The lowest BCUT2D eigenvalue weighted by atomic mass is 9.81. The highest BCUT2D eigenvalue weighted by Gasteiger charge is 2.38. The van der Waals surface area contributed by atoms with E-state index in [1.807, 2.05) is 0 Å². The molecule has 13 rings (SSSR count). The summed E-state index contributed by atoms with van der Waals surface area (Å²) < 4.78 is 0. The zero-order valence-corrected chi connectivity index (χ0v) is 42.3. The number of thiophene rings is 4. The molecule has 342 valence electrons. The standard InChI is InChI=1S/C63H46N4S4/c1-63(2)55-40-48(65(58-28-16-36-69-58)44-21-9-4-10-22-44)31-33-49(55)51-41-53-54(42-56(51)63)61(66(59-29-17-37-70-59)45-23-11-5-12-24-45)50-34-32-47(64(57-27-15-35-68-57)43-19-7-3-8-20-43)39-52(50)62(53)67(60-30-18-38-71-60)46-25-13-6-14-26-46/h3-42H,1-2H3. The molecule has 4 heterocycles. The van der Waals surface area contributed by atoms with E-state index in [-0.39, 0.29) is 5.41 Å². The quantitative estimate of drug-likeness (QED) is 0.0893. The van der Waals surface area contributed by atoms with Gasteiger partial charge in [-0.25, -0.2) is 0 Å². The van der Waals surface area contributed by atoms with Crippen LogP contribution in [0.25, 0.3) is 32.7 Å². The second kappa shape index (κ2) is 17.9. The van der Waals surface area contributed by atoms with Crippen molar-refractivity contribution in [3.05, 3.63) is 251 Å². The van der Waals surface area contributed by atoms with Crippen molar-refractivity contribution in [3.8, 4) is 11.1 Å². The fraction of sp³-hybridized carbons (Fsp3) is 0.0476. The van der Waals surface area contributed by atoms with Crippen molar-refractivity contribution in [2.45, 2.75) is 19.3 Å². The third kappa shape index (κ3) is 7.45. The second-order valence-electron chi connectivity index (χ2n) is 18.2. The fourth-order valence-electron chi connectivity index (χ4n) is 10.6. The Kier molecular flexibility index (Phi) is 10.9. The molecule has 1 aliphatic rings. The van der Waals surface area contributed by atoms with Crippen LogP contribution in [0.1, 0.15) is 25.0 Å². The van der Waals surface area contributed by atoms with E-state index in [9.17, 15) is 0 Å². The van der Waals surface area contributed by atoms with E-state index < -0.39 is 0 Å². The molecular formula is C63H46N4S4. The van der Waals surface area contributed by atoms with Gasteiger partial charge in [-0.1, -0.05) is 98.8 Å². The predicted molar refractivity (Wildman–Crippen MR) is 309 cm³/mol. The lowest BCUT2D eigenvalue weighted by Crippen LogP contribution is -2.17. The molecule has 12 aromatic rings. The van der Waals surface area contributed by atoms with E-state index in [1.54, 1.807) is 45.3 Å². The van der Waals surface area contributed by atoms with Crippen LogP contribution in [0.2, 0.25) is 0 Å². The van der Waals surface area contributed by atoms with E-state index in [0.717, 1.165) is 71.3 Å². The van der Waals surface area contributed by atoms with Gasteiger partial charge in [-0.05, 0) is 177 Å². The van der Waals surface area contributed by atoms with Gasteiger partial charge in [0.2, 0.25) is 0 Å². The van der Waals surface area contributed by atoms with E-state index in [4.69, 9.17) is 0 Å². The van der Waals surface area contributed by atoms with Crippen LogP contribution in [-0.4, -0.2) is 0 Å². The van der Waals surface area contributed by atoms with Crippen LogP contribution in [-0.2, 0) is 5.41 Å². The van der Waals surface area contributed by atoms with Crippen molar-refractivity contribution in [1.82, 2.24) is 0 Å². The van der Waals surface area contributed by atoms with Gasteiger partial charge >= 0.3 is 0 Å². The van der Waals surface area contributed by atoms with Crippen molar-refractivity contribution in [2.24, 2.45) is 0 Å². The minimum atomic E-state index is -0.326. The number of hydrogen-bond acceptors (Lipinski definition) is 8. The maximum atomic E-state index is 2.55. The van der Waals surface area contributed by atoms with Crippen molar-refractivity contribution in [2.75, 3.05) is 19.6 Å². The molecule has 0 radical (unpaired) electrons. The molecule has 4 aromatic heterocycles. The van der Waals surface area contributed by atoms with Crippen molar-refractivity contribution in [1.29, 1.82) is 0 Å². The summed E-state index contributed by atoms with van der Waals surface area (Å²) in [6.45, 7) is 4.83. The topological polar surface area (TPSA) is 13.0 Å². The molecule has 0 fully saturated rings. The van der Waals surface area contributed by atoms with Gasteiger partial charge in [-0.2, -0.15) is 0 Å². The number of hydrogen-bond donors (Lipinski definition) is 0. The first-order valence-electron chi connectivity index (χ1n) is 23.8. The monoisotopic (exact) mass is 986 g/mol. The van der Waals surface area contributed by atoms with E-state index in [0.29, 0.717) is 0 Å². The van der Waals surface area contributed by atoms with Crippen molar-refractivity contribution < 1.29 is 0 Å². The number of nitrogens with zero attached hydrogens (tertiary/aromatic N) is 4. The molecular weight excluding hydrogens is 941 g/mol. The smallest absolute Gasteiger partial charge is 0.0999 e. The zero-order chi connectivity index (χ0) is 47.5. The Morgan fingerprint density at radius 2 is 0.648 bits per heavy atom. The Labute approximate surface area is 430 Å². The van der Waals surface area contributed by atoms with Crippen molar-refractivity contribution in [3.63, 3.8) is 0 Å². The maximum Gasteiger partial charge on any atom is 0.0999 e. The minimum Gasteiger partial charge on any atom is -0.302 e. The average Bonchev–Trinajstić information content (AvgIpc) is 4.30. The summed E-state index contributed by atoms with van der Waals surface area (Å²) in [6.07, 6.45) is 0. The number of benzene rings is 8. The molecule has 8 heteroatoms. The summed E-state index contributed by atoms with van der Waals surface area (Å²) in [5.74, 6) is 0.